The first-order valence-corrected chi connectivity index (χ1v) is 6.76. The Labute approximate surface area is 133 Å². The number of ether oxygens (including phenoxy) is 2. The molecule has 0 amide bonds. The van der Waals surface area contributed by atoms with E-state index in [9.17, 15) is 14.9 Å². The van der Waals surface area contributed by atoms with Gasteiger partial charge in [0.1, 0.15) is 5.75 Å². The monoisotopic (exact) mass is 400 g/mol. The van der Waals surface area contributed by atoms with Crippen molar-refractivity contribution in [3.05, 3.63) is 55.8 Å². The van der Waals surface area contributed by atoms with Crippen LogP contribution in [-0.4, -0.2) is 23.0 Å². The fourth-order valence-electron chi connectivity index (χ4n) is 1.51. The molecular formula is C13H9IN2O5. The molecule has 0 aliphatic carbocycles. The van der Waals surface area contributed by atoms with Gasteiger partial charge in [0.15, 0.2) is 5.69 Å². The van der Waals surface area contributed by atoms with Gasteiger partial charge >= 0.3 is 11.7 Å². The van der Waals surface area contributed by atoms with E-state index in [1.807, 2.05) is 6.07 Å². The van der Waals surface area contributed by atoms with Gasteiger partial charge in [-0.1, -0.05) is 6.07 Å². The Kier molecular flexibility index (Phi) is 4.68. The lowest BCUT2D eigenvalue weighted by atomic mass is 10.3. The SMILES string of the molecule is COC(=O)c1ccc([N+](=O)[O-])c(Oc2cccc(I)c2)n1. The Morgan fingerprint density at radius 3 is 2.71 bits per heavy atom. The largest absolute Gasteiger partial charge is 0.464 e. The van der Waals surface area contributed by atoms with Crippen molar-refractivity contribution in [1.29, 1.82) is 0 Å². The number of nitrogens with zero attached hydrogens (tertiary/aromatic N) is 2. The van der Waals surface area contributed by atoms with E-state index in [1.54, 1.807) is 18.2 Å². The van der Waals surface area contributed by atoms with Crippen LogP contribution in [-0.2, 0) is 4.74 Å². The van der Waals surface area contributed by atoms with E-state index in [4.69, 9.17) is 4.74 Å². The highest BCUT2D eigenvalue weighted by Gasteiger charge is 2.21. The van der Waals surface area contributed by atoms with Crippen LogP contribution in [0.2, 0.25) is 0 Å². The molecule has 0 bridgehead atoms. The van der Waals surface area contributed by atoms with Gasteiger partial charge in [-0.3, -0.25) is 10.1 Å². The van der Waals surface area contributed by atoms with Gasteiger partial charge < -0.3 is 9.47 Å². The minimum atomic E-state index is -0.697. The van der Waals surface area contributed by atoms with Crippen molar-refractivity contribution in [2.45, 2.75) is 0 Å². The van der Waals surface area contributed by atoms with Gasteiger partial charge in [-0.2, -0.15) is 4.98 Å². The summed E-state index contributed by atoms with van der Waals surface area (Å²) in [6, 6.07) is 9.29. The molecule has 0 radical (unpaired) electrons. The highest BCUT2D eigenvalue weighted by atomic mass is 127. The molecule has 108 valence electrons. The summed E-state index contributed by atoms with van der Waals surface area (Å²) in [5, 5.41) is 11.0. The summed E-state index contributed by atoms with van der Waals surface area (Å²) in [5.41, 5.74) is -0.398. The number of halogens is 1. The lowest BCUT2D eigenvalue weighted by Gasteiger charge is -2.07. The highest BCUT2D eigenvalue weighted by molar-refractivity contribution is 14.1. The lowest BCUT2D eigenvalue weighted by Crippen LogP contribution is -2.06. The number of pyridine rings is 1. The van der Waals surface area contributed by atoms with Crippen LogP contribution < -0.4 is 4.74 Å². The van der Waals surface area contributed by atoms with Crippen LogP contribution in [0.5, 0.6) is 11.6 Å². The highest BCUT2D eigenvalue weighted by Crippen LogP contribution is 2.30. The summed E-state index contributed by atoms with van der Waals surface area (Å²) in [5.74, 6) is -0.568. The molecule has 1 aromatic heterocycles. The van der Waals surface area contributed by atoms with Gasteiger partial charge in [-0.05, 0) is 46.9 Å². The quantitative estimate of drug-likeness (QED) is 0.339. The number of aromatic nitrogens is 1. The summed E-state index contributed by atoms with van der Waals surface area (Å²) in [7, 11) is 1.20. The molecule has 2 rings (SSSR count). The predicted octanol–water partition coefficient (Wildman–Crippen LogP) is 3.17. The van der Waals surface area contributed by atoms with Crippen molar-refractivity contribution in [1.82, 2.24) is 4.98 Å². The number of methoxy groups -OCH3 is 1. The Morgan fingerprint density at radius 2 is 2.10 bits per heavy atom. The van der Waals surface area contributed by atoms with Crippen LogP contribution >= 0.6 is 22.6 Å². The zero-order valence-corrected chi connectivity index (χ0v) is 12.9. The minimum Gasteiger partial charge on any atom is -0.464 e. The fourth-order valence-corrected chi connectivity index (χ4v) is 2.02. The molecule has 8 heteroatoms. The lowest BCUT2D eigenvalue weighted by molar-refractivity contribution is -0.386. The van der Waals surface area contributed by atoms with E-state index in [0.717, 1.165) is 9.64 Å². The summed E-state index contributed by atoms with van der Waals surface area (Å²) in [6.45, 7) is 0. The number of esters is 1. The summed E-state index contributed by atoms with van der Waals surface area (Å²) >= 11 is 2.09. The van der Waals surface area contributed by atoms with E-state index in [0.29, 0.717) is 5.75 Å². The molecule has 0 unspecified atom stereocenters. The molecule has 1 aromatic carbocycles. The fraction of sp³-hybridized carbons (Fsp3) is 0.0769. The van der Waals surface area contributed by atoms with Crippen molar-refractivity contribution in [2.24, 2.45) is 0 Å². The zero-order chi connectivity index (χ0) is 15.4. The predicted molar refractivity (Wildman–Crippen MR) is 81.5 cm³/mol. The molecular weight excluding hydrogens is 391 g/mol. The van der Waals surface area contributed by atoms with Crippen LogP contribution in [0.1, 0.15) is 10.5 Å². The van der Waals surface area contributed by atoms with Gasteiger partial charge in [-0.15, -0.1) is 0 Å². The summed E-state index contributed by atoms with van der Waals surface area (Å²) in [6.07, 6.45) is 0. The normalized spacial score (nSPS) is 10.0. The van der Waals surface area contributed by atoms with Crippen molar-refractivity contribution in [3.8, 4) is 11.6 Å². The standard InChI is InChI=1S/C13H9IN2O5/c1-20-13(17)10-5-6-11(16(18)19)12(15-10)21-9-4-2-3-8(14)7-9/h2-7H,1H3. The molecule has 7 nitrogen and oxygen atoms in total. The van der Waals surface area contributed by atoms with Crippen molar-refractivity contribution in [3.63, 3.8) is 0 Å². The first-order chi connectivity index (χ1) is 10.0. The Bertz CT molecular complexity index is 705. The van der Waals surface area contributed by atoms with E-state index in [1.165, 1.54) is 13.2 Å². The number of carbonyl (C=O) groups is 1. The van der Waals surface area contributed by atoms with Crippen molar-refractivity contribution >= 4 is 34.2 Å². The number of hydrogen-bond donors (Lipinski definition) is 0. The van der Waals surface area contributed by atoms with E-state index in [2.05, 4.69) is 32.3 Å². The summed E-state index contributed by atoms with van der Waals surface area (Å²) in [4.78, 5) is 25.7. The Morgan fingerprint density at radius 1 is 1.33 bits per heavy atom. The Hall–Kier alpha value is -2.23. The first-order valence-electron chi connectivity index (χ1n) is 5.68. The topological polar surface area (TPSA) is 91.6 Å². The molecule has 0 aliphatic heterocycles. The van der Waals surface area contributed by atoms with E-state index in [-0.39, 0.29) is 17.3 Å². The van der Waals surface area contributed by atoms with Gasteiger partial charge in [0.2, 0.25) is 0 Å². The molecule has 0 aliphatic rings. The molecule has 21 heavy (non-hydrogen) atoms. The molecule has 0 saturated carbocycles. The average molecular weight is 400 g/mol. The number of nitro groups is 1. The van der Waals surface area contributed by atoms with Crippen LogP contribution in [0.3, 0.4) is 0 Å². The zero-order valence-electron chi connectivity index (χ0n) is 10.8. The van der Waals surface area contributed by atoms with Gasteiger partial charge in [0.05, 0.1) is 12.0 Å². The summed E-state index contributed by atoms with van der Waals surface area (Å²) < 4.78 is 10.9. The first kappa shape index (κ1) is 15.2. The Balaban J connectivity index is 2.43. The third-order valence-electron chi connectivity index (χ3n) is 2.44. The average Bonchev–Trinajstić information content (AvgIpc) is 2.46. The second kappa shape index (κ2) is 6.48. The third kappa shape index (κ3) is 3.66. The smallest absolute Gasteiger partial charge is 0.356 e. The second-order valence-corrected chi connectivity index (χ2v) is 5.07. The van der Waals surface area contributed by atoms with Gasteiger partial charge in [0.25, 0.3) is 5.88 Å². The number of hydrogen-bond acceptors (Lipinski definition) is 6. The van der Waals surface area contributed by atoms with Gasteiger partial charge in [0, 0.05) is 9.64 Å². The molecule has 0 saturated heterocycles. The molecule has 0 N–H and O–H groups in total. The van der Waals surface area contributed by atoms with E-state index < -0.39 is 10.9 Å². The van der Waals surface area contributed by atoms with Gasteiger partial charge in [-0.25, -0.2) is 4.79 Å². The molecule has 1 heterocycles. The number of carbonyl (C=O) groups excluding carboxylic acids is 1. The molecule has 0 spiro atoms. The van der Waals surface area contributed by atoms with E-state index >= 15 is 0 Å². The maximum Gasteiger partial charge on any atom is 0.356 e. The molecule has 2 aromatic rings. The number of benzene rings is 1. The van der Waals surface area contributed by atoms with Crippen molar-refractivity contribution in [2.75, 3.05) is 7.11 Å². The molecule has 0 fully saturated rings. The maximum absolute atomic E-state index is 11.4. The van der Waals surface area contributed by atoms with Crippen LogP contribution in [0, 0.1) is 13.7 Å². The van der Waals surface area contributed by atoms with Crippen LogP contribution in [0.15, 0.2) is 36.4 Å². The maximum atomic E-state index is 11.4. The molecule has 0 atom stereocenters. The third-order valence-corrected chi connectivity index (χ3v) is 3.11. The van der Waals surface area contributed by atoms with Crippen molar-refractivity contribution < 1.29 is 19.2 Å². The minimum absolute atomic E-state index is 0.0660. The van der Waals surface area contributed by atoms with Crippen LogP contribution in [0.25, 0.3) is 0 Å². The van der Waals surface area contributed by atoms with Crippen LogP contribution in [0.4, 0.5) is 5.69 Å². The number of rotatable bonds is 4. The second-order valence-electron chi connectivity index (χ2n) is 3.83.